The summed E-state index contributed by atoms with van der Waals surface area (Å²) in [5.41, 5.74) is 4.36. The summed E-state index contributed by atoms with van der Waals surface area (Å²) in [6, 6.07) is 10.3. The lowest BCUT2D eigenvalue weighted by Gasteiger charge is -2.05. The number of aliphatic hydroxyl groups is 1. The number of benzene rings is 1. The van der Waals surface area contributed by atoms with Crippen LogP contribution in [0.4, 0.5) is 0 Å². The van der Waals surface area contributed by atoms with Gasteiger partial charge in [-0.1, -0.05) is 37.3 Å². The summed E-state index contributed by atoms with van der Waals surface area (Å²) >= 11 is 0. The normalized spacial score (nSPS) is 13.0. The average Bonchev–Trinajstić information content (AvgIpc) is 2.76. The molecule has 0 aliphatic heterocycles. The second kappa shape index (κ2) is 7.18. The van der Waals surface area contributed by atoms with Crippen molar-refractivity contribution in [3.63, 3.8) is 0 Å². The number of aliphatic imine (C=N–C) groups is 1. The van der Waals surface area contributed by atoms with Crippen molar-refractivity contribution >= 4 is 6.21 Å². The minimum atomic E-state index is -0.0266. The third-order valence-electron chi connectivity index (χ3n) is 3.71. The van der Waals surface area contributed by atoms with E-state index in [0.29, 0.717) is 0 Å². The summed E-state index contributed by atoms with van der Waals surface area (Å²) in [6.45, 7) is 6.93. The van der Waals surface area contributed by atoms with E-state index in [4.69, 9.17) is 0 Å². The van der Waals surface area contributed by atoms with Crippen molar-refractivity contribution in [1.82, 2.24) is 9.78 Å². The lowest BCUT2D eigenvalue weighted by molar-refractivity contribution is 0.264. The van der Waals surface area contributed by atoms with E-state index in [1.165, 1.54) is 5.56 Å². The lowest BCUT2D eigenvalue weighted by Crippen LogP contribution is -2.09. The van der Waals surface area contributed by atoms with Gasteiger partial charge in [0.15, 0.2) is 0 Å². The Labute approximate surface area is 126 Å². The minimum Gasteiger partial charge on any atom is -0.394 e. The Morgan fingerprint density at radius 3 is 2.62 bits per heavy atom. The first-order valence-electron chi connectivity index (χ1n) is 7.37. The maximum Gasteiger partial charge on any atom is 0.0727 e. The minimum absolute atomic E-state index is 0.0266. The van der Waals surface area contributed by atoms with Crippen LogP contribution in [0.1, 0.15) is 35.9 Å². The smallest absolute Gasteiger partial charge is 0.0727 e. The molecule has 0 fully saturated rings. The van der Waals surface area contributed by atoms with Gasteiger partial charge < -0.3 is 5.11 Å². The van der Waals surface area contributed by atoms with Crippen molar-refractivity contribution in [3.05, 3.63) is 52.8 Å². The fourth-order valence-corrected chi connectivity index (χ4v) is 2.27. The second-order valence-corrected chi connectivity index (χ2v) is 5.25. The monoisotopic (exact) mass is 285 g/mol. The maximum atomic E-state index is 9.21. The number of aliphatic hydroxyl groups excluding tert-OH is 1. The molecule has 112 valence electrons. The highest BCUT2D eigenvalue weighted by atomic mass is 16.3. The zero-order valence-corrected chi connectivity index (χ0v) is 13.0. The van der Waals surface area contributed by atoms with Crippen molar-refractivity contribution in [1.29, 1.82) is 0 Å². The molecule has 1 atom stereocenters. The number of hydrogen-bond donors (Lipinski definition) is 1. The lowest BCUT2D eigenvalue weighted by atomic mass is 10.2. The highest BCUT2D eigenvalue weighted by Gasteiger charge is 2.10. The van der Waals surface area contributed by atoms with Crippen molar-refractivity contribution in [3.8, 4) is 0 Å². The highest BCUT2D eigenvalue weighted by molar-refractivity contribution is 5.82. The molecule has 4 nitrogen and oxygen atoms in total. The molecule has 0 spiro atoms. The Balaban J connectivity index is 2.21. The third-order valence-corrected chi connectivity index (χ3v) is 3.71. The summed E-state index contributed by atoms with van der Waals surface area (Å²) in [4.78, 5) is 4.44. The summed E-state index contributed by atoms with van der Waals surface area (Å²) in [5.74, 6) is 0. The van der Waals surface area contributed by atoms with Crippen LogP contribution >= 0.6 is 0 Å². The van der Waals surface area contributed by atoms with Crippen LogP contribution in [0, 0.1) is 13.8 Å². The molecule has 0 radical (unpaired) electrons. The number of aryl methyl sites for hydroxylation is 1. The summed E-state index contributed by atoms with van der Waals surface area (Å²) in [6.07, 6.45) is 2.69. The standard InChI is InChI=1S/C17H23N3O/c1-4-16(12-21)18-10-17-13(2)19-20(14(17)3)11-15-8-6-5-7-9-15/h5-10,16,21H,4,11-12H2,1-3H3. The number of nitrogens with zero attached hydrogens (tertiary/aromatic N) is 3. The Morgan fingerprint density at radius 1 is 1.29 bits per heavy atom. The van der Waals surface area contributed by atoms with Gasteiger partial charge in [-0.25, -0.2) is 0 Å². The van der Waals surface area contributed by atoms with Gasteiger partial charge in [0.1, 0.15) is 0 Å². The molecule has 0 saturated carbocycles. The molecule has 1 aromatic heterocycles. The summed E-state index contributed by atoms with van der Waals surface area (Å²) in [5, 5.41) is 13.8. The molecular formula is C17H23N3O. The SMILES string of the molecule is CCC(CO)N=Cc1c(C)nn(Cc2ccccc2)c1C. The Kier molecular flexibility index (Phi) is 5.28. The van der Waals surface area contributed by atoms with E-state index in [1.807, 2.05) is 42.9 Å². The van der Waals surface area contributed by atoms with Crippen LogP contribution < -0.4 is 0 Å². The molecular weight excluding hydrogens is 262 g/mol. The van der Waals surface area contributed by atoms with E-state index < -0.39 is 0 Å². The number of hydrogen-bond acceptors (Lipinski definition) is 3. The molecule has 0 amide bonds. The first-order valence-corrected chi connectivity index (χ1v) is 7.37. The van der Waals surface area contributed by atoms with Gasteiger partial charge in [-0.2, -0.15) is 5.10 Å². The molecule has 2 aromatic rings. The molecule has 21 heavy (non-hydrogen) atoms. The predicted octanol–water partition coefficient (Wildman–Crippen LogP) is 2.74. The second-order valence-electron chi connectivity index (χ2n) is 5.25. The number of aromatic nitrogens is 2. The van der Waals surface area contributed by atoms with Gasteiger partial charge in [-0.3, -0.25) is 9.67 Å². The van der Waals surface area contributed by atoms with Gasteiger partial charge in [0.2, 0.25) is 0 Å². The van der Waals surface area contributed by atoms with Crippen LogP contribution in [0.2, 0.25) is 0 Å². The topological polar surface area (TPSA) is 50.4 Å². The van der Waals surface area contributed by atoms with Crippen molar-refractivity contribution in [2.75, 3.05) is 6.61 Å². The molecule has 1 N–H and O–H groups in total. The van der Waals surface area contributed by atoms with Crippen LogP contribution in [0.3, 0.4) is 0 Å². The average molecular weight is 285 g/mol. The van der Waals surface area contributed by atoms with E-state index in [2.05, 4.69) is 29.1 Å². The molecule has 4 heteroatoms. The van der Waals surface area contributed by atoms with E-state index in [0.717, 1.165) is 29.9 Å². The Hall–Kier alpha value is -1.94. The van der Waals surface area contributed by atoms with Crippen LogP contribution in [0.25, 0.3) is 0 Å². The quantitative estimate of drug-likeness (QED) is 0.830. The van der Waals surface area contributed by atoms with Crippen molar-refractivity contribution in [2.24, 2.45) is 4.99 Å². The van der Waals surface area contributed by atoms with E-state index in [-0.39, 0.29) is 12.6 Å². The molecule has 1 aromatic carbocycles. The Morgan fingerprint density at radius 2 is 2.00 bits per heavy atom. The third kappa shape index (κ3) is 3.79. The van der Waals surface area contributed by atoms with Gasteiger partial charge in [-0.05, 0) is 25.8 Å². The molecule has 0 bridgehead atoms. The maximum absolute atomic E-state index is 9.21. The highest BCUT2D eigenvalue weighted by Crippen LogP contribution is 2.13. The van der Waals surface area contributed by atoms with Gasteiger partial charge in [0.25, 0.3) is 0 Å². The van der Waals surface area contributed by atoms with Crippen LogP contribution in [0.15, 0.2) is 35.3 Å². The molecule has 2 rings (SSSR count). The molecule has 0 aliphatic rings. The summed E-state index contributed by atoms with van der Waals surface area (Å²) in [7, 11) is 0. The number of rotatable bonds is 6. The van der Waals surface area contributed by atoms with Crippen molar-refractivity contribution < 1.29 is 5.11 Å². The zero-order chi connectivity index (χ0) is 15.2. The van der Waals surface area contributed by atoms with Gasteiger partial charge in [0, 0.05) is 17.5 Å². The van der Waals surface area contributed by atoms with Gasteiger partial charge in [0.05, 0.1) is 24.9 Å². The predicted molar refractivity (Wildman–Crippen MR) is 86.0 cm³/mol. The fraction of sp³-hybridized carbons (Fsp3) is 0.412. The van der Waals surface area contributed by atoms with Crippen LogP contribution in [-0.2, 0) is 6.54 Å². The van der Waals surface area contributed by atoms with Gasteiger partial charge >= 0.3 is 0 Å². The first kappa shape index (κ1) is 15.4. The summed E-state index contributed by atoms with van der Waals surface area (Å²) < 4.78 is 2.01. The van der Waals surface area contributed by atoms with E-state index in [9.17, 15) is 5.11 Å². The zero-order valence-electron chi connectivity index (χ0n) is 13.0. The fourth-order valence-electron chi connectivity index (χ4n) is 2.27. The molecule has 1 unspecified atom stereocenters. The first-order chi connectivity index (χ1) is 10.2. The van der Waals surface area contributed by atoms with E-state index in [1.54, 1.807) is 0 Å². The van der Waals surface area contributed by atoms with E-state index >= 15 is 0 Å². The van der Waals surface area contributed by atoms with Crippen molar-refractivity contribution in [2.45, 2.75) is 39.8 Å². The van der Waals surface area contributed by atoms with Crippen LogP contribution in [0.5, 0.6) is 0 Å². The molecule has 0 aliphatic carbocycles. The molecule has 1 heterocycles. The Bertz CT molecular complexity index is 598. The van der Waals surface area contributed by atoms with Gasteiger partial charge in [-0.15, -0.1) is 0 Å². The molecule has 0 saturated heterocycles. The van der Waals surface area contributed by atoms with Crippen LogP contribution in [-0.4, -0.2) is 33.8 Å². The largest absolute Gasteiger partial charge is 0.394 e.